The minimum Gasteiger partial charge on any atom is -0.478 e. The van der Waals surface area contributed by atoms with Gasteiger partial charge >= 0.3 is 5.97 Å². The molecular formula is C15H14O2. The van der Waals surface area contributed by atoms with E-state index in [0.29, 0.717) is 5.57 Å². The van der Waals surface area contributed by atoms with Crippen LogP contribution in [0.2, 0.25) is 0 Å². The minimum atomic E-state index is -0.865. The number of fused-ring (bicyclic) bond motifs is 1. The van der Waals surface area contributed by atoms with E-state index in [1.807, 2.05) is 49.4 Å². The highest BCUT2D eigenvalue weighted by atomic mass is 16.4. The number of carboxylic acid groups (broad SMARTS) is 1. The van der Waals surface area contributed by atoms with Gasteiger partial charge in [0, 0.05) is 5.57 Å². The number of carboxylic acids is 1. The van der Waals surface area contributed by atoms with Crippen LogP contribution < -0.4 is 0 Å². The maximum absolute atomic E-state index is 11.0. The fourth-order valence-corrected chi connectivity index (χ4v) is 1.91. The lowest BCUT2D eigenvalue weighted by molar-refractivity contribution is -0.132. The molecule has 0 atom stereocenters. The Balaban J connectivity index is 2.72. The number of hydrogen-bond donors (Lipinski definition) is 1. The summed E-state index contributed by atoms with van der Waals surface area (Å²) < 4.78 is 0. The standard InChI is InChI=1S/C15H14O2/c1-10(11(2)15(16)17)13-9-5-7-12-6-3-4-8-14(12)13/h3-9H,1-2H3,(H,16,17). The molecule has 2 aromatic carbocycles. The van der Waals surface area contributed by atoms with Gasteiger partial charge in [-0.25, -0.2) is 4.79 Å². The van der Waals surface area contributed by atoms with Crippen molar-refractivity contribution >= 4 is 22.3 Å². The second-order valence-corrected chi connectivity index (χ2v) is 4.08. The van der Waals surface area contributed by atoms with Gasteiger partial charge in [0.1, 0.15) is 0 Å². The Kier molecular flexibility index (Phi) is 2.96. The zero-order valence-electron chi connectivity index (χ0n) is 9.90. The van der Waals surface area contributed by atoms with Gasteiger partial charge in [0.15, 0.2) is 0 Å². The maximum Gasteiger partial charge on any atom is 0.331 e. The van der Waals surface area contributed by atoms with Crippen LogP contribution in [0.15, 0.2) is 48.0 Å². The Morgan fingerprint density at radius 3 is 2.35 bits per heavy atom. The summed E-state index contributed by atoms with van der Waals surface area (Å²) in [6.07, 6.45) is 0. The van der Waals surface area contributed by atoms with E-state index >= 15 is 0 Å². The van der Waals surface area contributed by atoms with Crippen molar-refractivity contribution in [1.29, 1.82) is 0 Å². The summed E-state index contributed by atoms with van der Waals surface area (Å²) >= 11 is 0. The molecule has 0 aliphatic rings. The summed E-state index contributed by atoms with van der Waals surface area (Å²) in [5.74, 6) is -0.865. The van der Waals surface area contributed by atoms with Crippen molar-refractivity contribution in [2.75, 3.05) is 0 Å². The lowest BCUT2D eigenvalue weighted by Gasteiger charge is -2.08. The highest BCUT2D eigenvalue weighted by Gasteiger charge is 2.09. The lowest BCUT2D eigenvalue weighted by Crippen LogP contribution is -1.99. The van der Waals surface area contributed by atoms with E-state index in [-0.39, 0.29) is 0 Å². The molecule has 86 valence electrons. The van der Waals surface area contributed by atoms with E-state index < -0.39 is 5.97 Å². The highest BCUT2D eigenvalue weighted by molar-refractivity contribution is 6.01. The zero-order chi connectivity index (χ0) is 12.4. The van der Waals surface area contributed by atoms with E-state index in [1.54, 1.807) is 6.92 Å². The average molecular weight is 226 g/mol. The van der Waals surface area contributed by atoms with E-state index in [2.05, 4.69) is 0 Å². The summed E-state index contributed by atoms with van der Waals surface area (Å²) in [4.78, 5) is 11.0. The van der Waals surface area contributed by atoms with Gasteiger partial charge in [0.25, 0.3) is 0 Å². The van der Waals surface area contributed by atoms with Crippen LogP contribution in [0.1, 0.15) is 19.4 Å². The van der Waals surface area contributed by atoms with Crippen LogP contribution in [-0.2, 0) is 4.79 Å². The monoisotopic (exact) mass is 226 g/mol. The highest BCUT2D eigenvalue weighted by Crippen LogP contribution is 2.26. The average Bonchev–Trinajstić information content (AvgIpc) is 2.36. The first-order chi connectivity index (χ1) is 8.11. The summed E-state index contributed by atoms with van der Waals surface area (Å²) in [5.41, 5.74) is 2.19. The topological polar surface area (TPSA) is 37.3 Å². The predicted octanol–water partition coefficient (Wildman–Crippen LogP) is 3.72. The van der Waals surface area contributed by atoms with Gasteiger partial charge in [-0.1, -0.05) is 42.5 Å². The summed E-state index contributed by atoms with van der Waals surface area (Å²) in [5, 5.41) is 11.2. The third-order valence-electron chi connectivity index (χ3n) is 3.08. The fourth-order valence-electron chi connectivity index (χ4n) is 1.91. The van der Waals surface area contributed by atoms with Crippen LogP contribution in [0.5, 0.6) is 0 Å². The molecule has 0 amide bonds. The van der Waals surface area contributed by atoms with Gasteiger partial charge in [-0.15, -0.1) is 0 Å². The quantitative estimate of drug-likeness (QED) is 0.792. The van der Waals surface area contributed by atoms with Crippen LogP contribution in [0.25, 0.3) is 16.3 Å². The zero-order valence-corrected chi connectivity index (χ0v) is 9.90. The number of hydrogen-bond acceptors (Lipinski definition) is 1. The smallest absolute Gasteiger partial charge is 0.331 e. The normalized spacial score (nSPS) is 12.4. The first-order valence-corrected chi connectivity index (χ1v) is 5.50. The minimum absolute atomic E-state index is 0.390. The third kappa shape index (κ3) is 2.07. The van der Waals surface area contributed by atoms with E-state index in [1.165, 1.54) is 0 Å². The van der Waals surface area contributed by atoms with Gasteiger partial charge in [-0.05, 0) is 35.8 Å². The fraction of sp³-hybridized carbons (Fsp3) is 0.133. The molecule has 2 heteroatoms. The Hall–Kier alpha value is -2.09. The molecule has 0 radical (unpaired) electrons. The molecule has 0 aliphatic heterocycles. The van der Waals surface area contributed by atoms with Gasteiger partial charge in [0.05, 0.1) is 0 Å². The van der Waals surface area contributed by atoms with Crippen molar-refractivity contribution in [3.63, 3.8) is 0 Å². The van der Waals surface area contributed by atoms with Gasteiger partial charge in [-0.2, -0.15) is 0 Å². The van der Waals surface area contributed by atoms with Gasteiger partial charge in [-0.3, -0.25) is 0 Å². The molecule has 0 aromatic heterocycles. The van der Waals surface area contributed by atoms with Gasteiger partial charge in [0.2, 0.25) is 0 Å². The molecule has 2 nitrogen and oxygen atoms in total. The van der Waals surface area contributed by atoms with Crippen molar-refractivity contribution in [2.24, 2.45) is 0 Å². The molecule has 17 heavy (non-hydrogen) atoms. The van der Waals surface area contributed by atoms with Crippen molar-refractivity contribution in [3.8, 4) is 0 Å². The molecule has 0 aliphatic carbocycles. The molecule has 1 N–H and O–H groups in total. The van der Waals surface area contributed by atoms with Crippen molar-refractivity contribution in [2.45, 2.75) is 13.8 Å². The lowest BCUT2D eigenvalue weighted by atomic mass is 9.96. The second kappa shape index (κ2) is 4.42. The number of allylic oxidation sites excluding steroid dienone is 1. The molecule has 0 spiro atoms. The summed E-state index contributed by atoms with van der Waals surface area (Å²) in [6, 6.07) is 13.9. The Morgan fingerprint density at radius 1 is 1.00 bits per heavy atom. The first kappa shape index (κ1) is 11.4. The Morgan fingerprint density at radius 2 is 1.65 bits per heavy atom. The van der Waals surface area contributed by atoms with Crippen molar-refractivity contribution in [3.05, 3.63) is 53.6 Å². The summed E-state index contributed by atoms with van der Waals surface area (Å²) in [7, 11) is 0. The molecule has 0 heterocycles. The Bertz CT molecular complexity index is 604. The molecular weight excluding hydrogens is 212 g/mol. The van der Waals surface area contributed by atoms with Crippen LogP contribution >= 0.6 is 0 Å². The molecule has 0 unspecified atom stereocenters. The summed E-state index contributed by atoms with van der Waals surface area (Å²) in [6.45, 7) is 3.49. The third-order valence-corrected chi connectivity index (χ3v) is 3.08. The van der Waals surface area contributed by atoms with Crippen molar-refractivity contribution < 1.29 is 9.90 Å². The molecule has 2 aromatic rings. The van der Waals surface area contributed by atoms with E-state index in [0.717, 1.165) is 21.9 Å². The van der Waals surface area contributed by atoms with E-state index in [4.69, 9.17) is 5.11 Å². The van der Waals surface area contributed by atoms with Gasteiger partial charge < -0.3 is 5.11 Å². The van der Waals surface area contributed by atoms with E-state index in [9.17, 15) is 4.79 Å². The Labute approximate surface area is 100 Å². The van der Waals surface area contributed by atoms with Crippen molar-refractivity contribution in [1.82, 2.24) is 0 Å². The maximum atomic E-state index is 11.0. The molecule has 0 bridgehead atoms. The molecule has 0 saturated carbocycles. The van der Waals surface area contributed by atoms with Crippen LogP contribution in [0.4, 0.5) is 0 Å². The predicted molar refractivity (Wildman–Crippen MR) is 69.9 cm³/mol. The number of rotatable bonds is 2. The molecule has 2 rings (SSSR count). The van der Waals surface area contributed by atoms with Crippen LogP contribution in [0, 0.1) is 0 Å². The number of aliphatic carboxylic acids is 1. The molecule has 0 fully saturated rings. The number of carbonyl (C=O) groups is 1. The second-order valence-electron chi connectivity index (χ2n) is 4.08. The van der Waals surface area contributed by atoms with Crippen LogP contribution in [0.3, 0.4) is 0 Å². The SMILES string of the molecule is CC(C(=O)O)=C(C)c1cccc2ccccc12. The molecule has 0 saturated heterocycles. The first-order valence-electron chi connectivity index (χ1n) is 5.50. The van der Waals surface area contributed by atoms with Crippen LogP contribution in [-0.4, -0.2) is 11.1 Å². The largest absolute Gasteiger partial charge is 0.478 e. The number of benzene rings is 2.